The van der Waals surface area contributed by atoms with E-state index in [1.54, 1.807) is 26.1 Å². The van der Waals surface area contributed by atoms with Crippen molar-refractivity contribution < 1.29 is 62.2 Å². The van der Waals surface area contributed by atoms with E-state index in [1.807, 2.05) is 0 Å². The lowest BCUT2D eigenvalue weighted by Crippen LogP contribution is -2.34. The second-order valence-electron chi connectivity index (χ2n) is 11.8. The number of aliphatic hydroxyl groups excluding tert-OH is 2. The van der Waals surface area contributed by atoms with Gasteiger partial charge in [0.25, 0.3) is 0 Å². The summed E-state index contributed by atoms with van der Waals surface area (Å²) in [6.45, 7) is 4.24. The van der Waals surface area contributed by atoms with Crippen molar-refractivity contribution in [3.63, 3.8) is 0 Å². The molecule has 1 saturated heterocycles. The van der Waals surface area contributed by atoms with Crippen LogP contribution in [0.5, 0.6) is 0 Å². The molecule has 0 bridgehead atoms. The van der Waals surface area contributed by atoms with Gasteiger partial charge in [0.05, 0.1) is 24.7 Å². The molecule has 0 aromatic carbocycles. The first-order chi connectivity index (χ1) is 21.7. The van der Waals surface area contributed by atoms with E-state index in [2.05, 4.69) is 15.3 Å². The molecule has 2 aliphatic rings. The maximum Gasteiger partial charge on any atom is 0.510 e. The van der Waals surface area contributed by atoms with Crippen molar-refractivity contribution in [3.8, 4) is 0 Å². The number of carboxylic acid groups (broad SMARTS) is 1. The number of aliphatic hydroxyl groups is 2. The number of carbonyl (C=O) groups excluding carboxylic acids is 1. The van der Waals surface area contributed by atoms with Crippen LogP contribution in [-0.4, -0.2) is 105 Å². The van der Waals surface area contributed by atoms with Crippen molar-refractivity contribution in [2.75, 3.05) is 31.7 Å². The van der Waals surface area contributed by atoms with Gasteiger partial charge in [-0.3, -0.25) is 9.09 Å². The van der Waals surface area contributed by atoms with Gasteiger partial charge in [-0.05, 0) is 58.2 Å². The third-order valence-electron chi connectivity index (χ3n) is 7.11. The predicted octanol–water partition coefficient (Wildman–Crippen LogP) is 4.25. The third kappa shape index (κ3) is 9.64. The van der Waals surface area contributed by atoms with Crippen molar-refractivity contribution >= 4 is 48.4 Å². The minimum Gasteiger partial charge on any atom is -0.450 e. The molecule has 5 atom stereocenters. The molecule has 1 unspecified atom stereocenters. The van der Waals surface area contributed by atoms with Crippen LogP contribution >= 0.6 is 19.2 Å². The Morgan fingerprint density at radius 3 is 2.59 bits per heavy atom. The highest BCUT2D eigenvalue weighted by atomic mass is 35.5. The van der Waals surface area contributed by atoms with Gasteiger partial charge in [0.15, 0.2) is 6.23 Å². The molecule has 19 heteroatoms. The lowest BCUT2D eigenvalue weighted by molar-refractivity contribution is -0.0651. The van der Waals surface area contributed by atoms with Gasteiger partial charge in [-0.2, -0.15) is 4.98 Å². The van der Waals surface area contributed by atoms with Crippen LogP contribution in [0.3, 0.4) is 0 Å². The van der Waals surface area contributed by atoms with E-state index in [0.717, 1.165) is 25.7 Å². The zero-order valence-corrected chi connectivity index (χ0v) is 27.5. The van der Waals surface area contributed by atoms with E-state index < -0.39 is 75.9 Å². The summed E-state index contributed by atoms with van der Waals surface area (Å²) in [5.41, 5.74) is -1.05. The van der Waals surface area contributed by atoms with Gasteiger partial charge in [-0.25, -0.2) is 14.6 Å². The summed E-state index contributed by atoms with van der Waals surface area (Å²) in [5, 5.41) is 34.7. The summed E-state index contributed by atoms with van der Waals surface area (Å²) in [6, 6.07) is 2.02. The quantitative estimate of drug-likeness (QED) is 0.0886. The largest absolute Gasteiger partial charge is 0.510 e. The van der Waals surface area contributed by atoms with E-state index in [0.29, 0.717) is 16.9 Å². The Labute approximate surface area is 269 Å². The van der Waals surface area contributed by atoms with Gasteiger partial charge in [0.2, 0.25) is 12.1 Å². The maximum absolute atomic E-state index is 13.5. The van der Waals surface area contributed by atoms with Crippen LogP contribution < -0.4 is 5.32 Å². The lowest BCUT2D eigenvalue weighted by atomic mass is 10.1. The van der Waals surface area contributed by atoms with Crippen molar-refractivity contribution in [1.29, 1.82) is 0 Å². The molecule has 2 aromatic rings. The van der Waals surface area contributed by atoms with Crippen molar-refractivity contribution in [2.24, 2.45) is 0 Å². The topological polar surface area (TPSA) is 219 Å². The van der Waals surface area contributed by atoms with Gasteiger partial charge in [-0.1, -0.05) is 12.8 Å². The molecule has 4 rings (SSSR count). The summed E-state index contributed by atoms with van der Waals surface area (Å²) < 4.78 is 51.3. The molecule has 2 fully saturated rings. The molecule has 0 amide bonds. The molecule has 46 heavy (non-hydrogen) atoms. The highest BCUT2D eigenvalue weighted by molar-refractivity contribution is 7.53. The van der Waals surface area contributed by atoms with Crippen LogP contribution in [0, 0.1) is 0 Å². The number of halogens is 1. The number of hydrogen-bond donors (Lipinski definition) is 4. The molecule has 258 valence electrons. The van der Waals surface area contributed by atoms with Gasteiger partial charge in [-0.15, -0.1) is 0 Å². The van der Waals surface area contributed by atoms with Crippen LogP contribution in [0.1, 0.15) is 59.6 Å². The molecule has 1 aliphatic carbocycles. The number of anilines is 1. The predicted molar refractivity (Wildman–Crippen MR) is 161 cm³/mol. The SMILES string of the molecule is CC(C)OC(=O)OCOP(=O)(COC[C@H]1O[C@@H](n2ccc3c(NC4CCCC4)nc(Cl)nc32)[C@H](O)[C@@H]1O)OCC(C)(C)OC(=O)O. The summed E-state index contributed by atoms with van der Waals surface area (Å²) in [7, 11) is -4.23. The second kappa shape index (κ2) is 15.4. The average Bonchev–Trinajstić information content (AvgIpc) is 3.68. The number of aromatic nitrogens is 3. The number of hydrogen-bond acceptors (Lipinski definition) is 15. The minimum atomic E-state index is -4.23. The Balaban J connectivity index is 1.41. The minimum absolute atomic E-state index is 0.00463. The number of fused-ring (bicyclic) bond motifs is 1. The van der Waals surface area contributed by atoms with Crippen LogP contribution in [0.25, 0.3) is 11.0 Å². The zero-order valence-electron chi connectivity index (χ0n) is 25.9. The van der Waals surface area contributed by atoms with Gasteiger partial charge in [0, 0.05) is 12.2 Å². The van der Waals surface area contributed by atoms with E-state index in [1.165, 1.54) is 18.4 Å². The summed E-state index contributed by atoms with van der Waals surface area (Å²) in [5.74, 6) is 0.558. The van der Waals surface area contributed by atoms with Crippen LogP contribution in [-0.2, 0) is 37.3 Å². The molecular formula is C27H40ClN4O13P. The smallest absolute Gasteiger partial charge is 0.450 e. The monoisotopic (exact) mass is 694 g/mol. The first-order valence-corrected chi connectivity index (χ1v) is 16.8. The molecular weight excluding hydrogens is 655 g/mol. The Bertz CT molecular complexity index is 1400. The highest BCUT2D eigenvalue weighted by Crippen LogP contribution is 2.49. The summed E-state index contributed by atoms with van der Waals surface area (Å²) >= 11 is 6.23. The van der Waals surface area contributed by atoms with Gasteiger partial charge >= 0.3 is 19.9 Å². The highest BCUT2D eigenvalue weighted by Gasteiger charge is 2.45. The number of ether oxygens (including phenoxy) is 5. The standard InChI is InChI=1S/C27H40ClN4O13P/c1-15(2)43-26(37)40-13-42-46(38,41-12-27(3,4)45-25(35)36)14-39-11-18-19(33)20(34)23(44-18)32-10-9-17-21(29-16-7-5-6-8-16)30-24(28)31-22(17)32/h9-10,15-16,18-20,23,33-34H,5-8,11-14H2,1-4H3,(H,35,36)(H,29,30,31)/t18-,19-,20-,23-,46?/m1/s1. The molecule has 2 aromatic heterocycles. The normalized spacial score (nSPS) is 23.5. The van der Waals surface area contributed by atoms with Crippen molar-refractivity contribution in [2.45, 2.75) is 95.7 Å². The Hall–Kier alpha value is -2.76. The van der Waals surface area contributed by atoms with E-state index >= 15 is 0 Å². The molecule has 1 aliphatic heterocycles. The Morgan fingerprint density at radius 2 is 1.91 bits per heavy atom. The third-order valence-corrected chi connectivity index (χ3v) is 8.80. The molecule has 1 saturated carbocycles. The molecule has 3 heterocycles. The number of nitrogens with one attached hydrogen (secondary N) is 1. The van der Waals surface area contributed by atoms with Gasteiger partial charge < -0.3 is 53.4 Å². The zero-order chi connectivity index (χ0) is 33.6. The molecule has 4 N–H and O–H groups in total. The molecule has 17 nitrogen and oxygen atoms in total. The fraction of sp³-hybridized carbons (Fsp3) is 0.704. The van der Waals surface area contributed by atoms with Crippen LogP contribution in [0.2, 0.25) is 5.28 Å². The lowest BCUT2D eigenvalue weighted by Gasteiger charge is -2.26. The second-order valence-corrected chi connectivity index (χ2v) is 14.1. The summed E-state index contributed by atoms with van der Waals surface area (Å²) in [6.07, 6.45) is -2.96. The van der Waals surface area contributed by atoms with Crippen molar-refractivity contribution in [3.05, 3.63) is 17.5 Å². The number of carbonyl (C=O) groups is 2. The Morgan fingerprint density at radius 1 is 1.20 bits per heavy atom. The van der Waals surface area contributed by atoms with E-state index in [4.69, 9.17) is 49.4 Å². The number of rotatable bonds is 15. The fourth-order valence-corrected chi connectivity index (χ4v) is 6.41. The average molecular weight is 695 g/mol. The van der Waals surface area contributed by atoms with Crippen LogP contribution in [0.4, 0.5) is 15.4 Å². The number of nitrogens with zero attached hydrogens (tertiary/aromatic N) is 3. The Kier molecular flexibility index (Phi) is 12.1. The molecule has 0 radical (unpaired) electrons. The van der Waals surface area contributed by atoms with Gasteiger partial charge in [0.1, 0.15) is 41.7 Å². The van der Waals surface area contributed by atoms with E-state index in [-0.39, 0.29) is 17.9 Å². The summed E-state index contributed by atoms with van der Waals surface area (Å²) in [4.78, 5) is 31.3. The van der Waals surface area contributed by atoms with Crippen LogP contribution in [0.15, 0.2) is 12.3 Å². The molecule has 0 spiro atoms. The first kappa shape index (κ1) is 36.1. The first-order valence-electron chi connectivity index (χ1n) is 14.7. The fourth-order valence-electron chi connectivity index (χ4n) is 4.98. The maximum atomic E-state index is 13.5. The van der Waals surface area contributed by atoms with Crippen molar-refractivity contribution in [1.82, 2.24) is 14.5 Å². The van der Waals surface area contributed by atoms with E-state index in [9.17, 15) is 24.4 Å².